The molecule has 3 aromatic carbocycles. The van der Waals surface area contributed by atoms with Crippen LogP contribution in [0.5, 0.6) is 0 Å². The molecule has 0 aliphatic carbocycles. The Hall–Kier alpha value is -2.80. The van der Waals surface area contributed by atoms with E-state index in [4.69, 9.17) is 0 Å². The van der Waals surface area contributed by atoms with E-state index in [9.17, 15) is 0 Å². The standard InChI is InChI=1S/C21H19N/c1-4-10-18(11-5-1)16-20(19-12-6-2-7-13-19)17-22-21-14-8-3-9-15-21/h1-16,22H,17H2/b20-16-. The van der Waals surface area contributed by atoms with Crippen molar-refractivity contribution in [1.82, 2.24) is 0 Å². The average Bonchev–Trinajstić information content (AvgIpc) is 2.61. The van der Waals surface area contributed by atoms with Crippen LogP contribution in [0.3, 0.4) is 0 Å². The first-order valence-corrected chi connectivity index (χ1v) is 7.52. The maximum absolute atomic E-state index is 3.50. The van der Waals surface area contributed by atoms with Crippen molar-refractivity contribution in [3.8, 4) is 0 Å². The molecule has 1 nitrogen and oxygen atoms in total. The predicted molar refractivity (Wildman–Crippen MR) is 95.7 cm³/mol. The van der Waals surface area contributed by atoms with Gasteiger partial charge in [-0.2, -0.15) is 0 Å². The molecule has 0 bridgehead atoms. The lowest BCUT2D eigenvalue weighted by molar-refractivity contribution is 1.34. The molecule has 108 valence electrons. The van der Waals surface area contributed by atoms with Gasteiger partial charge in [-0.25, -0.2) is 0 Å². The van der Waals surface area contributed by atoms with Crippen molar-refractivity contribution in [1.29, 1.82) is 0 Å². The highest BCUT2D eigenvalue weighted by molar-refractivity contribution is 5.83. The third kappa shape index (κ3) is 3.86. The summed E-state index contributed by atoms with van der Waals surface area (Å²) in [6.07, 6.45) is 2.24. The molecule has 0 saturated heterocycles. The fourth-order valence-electron chi connectivity index (χ4n) is 2.39. The minimum atomic E-state index is 0.795. The second kappa shape index (κ2) is 7.28. The van der Waals surface area contributed by atoms with Gasteiger partial charge in [-0.1, -0.05) is 78.9 Å². The molecule has 0 heterocycles. The van der Waals surface area contributed by atoms with Crippen molar-refractivity contribution in [3.63, 3.8) is 0 Å². The van der Waals surface area contributed by atoms with Crippen LogP contribution in [-0.4, -0.2) is 6.54 Å². The van der Waals surface area contributed by atoms with E-state index >= 15 is 0 Å². The lowest BCUT2D eigenvalue weighted by Crippen LogP contribution is -2.04. The molecule has 22 heavy (non-hydrogen) atoms. The molecule has 1 N–H and O–H groups in total. The molecule has 3 rings (SSSR count). The Morgan fingerprint density at radius 3 is 1.86 bits per heavy atom. The van der Waals surface area contributed by atoms with Crippen molar-refractivity contribution in [3.05, 3.63) is 102 Å². The highest BCUT2D eigenvalue weighted by Crippen LogP contribution is 2.19. The van der Waals surface area contributed by atoms with E-state index in [0.29, 0.717) is 0 Å². The molecule has 0 amide bonds. The summed E-state index contributed by atoms with van der Waals surface area (Å²) in [5.74, 6) is 0. The average molecular weight is 285 g/mol. The molecule has 0 atom stereocenters. The molecule has 1 heteroatoms. The van der Waals surface area contributed by atoms with Gasteiger partial charge in [0.2, 0.25) is 0 Å². The lowest BCUT2D eigenvalue weighted by atomic mass is 10.0. The van der Waals surface area contributed by atoms with Crippen LogP contribution >= 0.6 is 0 Å². The number of benzene rings is 3. The molecule has 0 saturated carbocycles. The number of nitrogens with one attached hydrogen (secondary N) is 1. The van der Waals surface area contributed by atoms with Crippen LogP contribution in [0, 0.1) is 0 Å². The van der Waals surface area contributed by atoms with E-state index in [1.165, 1.54) is 16.7 Å². The van der Waals surface area contributed by atoms with Gasteiger partial charge in [0.05, 0.1) is 0 Å². The van der Waals surface area contributed by atoms with Gasteiger partial charge in [-0.15, -0.1) is 0 Å². The number of hydrogen-bond donors (Lipinski definition) is 1. The molecular formula is C21H19N. The Morgan fingerprint density at radius 2 is 1.23 bits per heavy atom. The lowest BCUT2D eigenvalue weighted by Gasteiger charge is -2.11. The quantitative estimate of drug-likeness (QED) is 0.624. The normalized spacial score (nSPS) is 11.2. The first-order valence-electron chi connectivity index (χ1n) is 7.52. The monoisotopic (exact) mass is 285 g/mol. The molecular weight excluding hydrogens is 266 g/mol. The van der Waals surface area contributed by atoms with Crippen LogP contribution in [0.1, 0.15) is 11.1 Å². The summed E-state index contributed by atoms with van der Waals surface area (Å²) in [6.45, 7) is 0.795. The predicted octanol–water partition coefficient (Wildman–Crippen LogP) is 5.34. The summed E-state index contributed by atoms with van der Waals surface area (Å²) >= 11 is 0. The van der Waals surface area contributed by atoms with Gasteiger partial charge in [0.25, 0.3) is 0 Å². The number of rotatable bonds is 5. The van der Waals surface area contributed by atoms with Crippen LogP contribution in [0.15, 0.2) is 91.0 Å². The fourth-order valence-corrected chi connectivity index (χ4v) is 2.39. The Morgan fingerprint density at radius 1 is 0.682 bits per heavy atom. The topological polar surface area (TPSA) is 12.0 Å². The minimum absolute atomic E-state index is 0.795. The summed E-state index contributed by atoms with van der Waals surface area (Å²) in [6, 6.07) is 31.3. The highest BCUT2D eigenvalue weighted by Gasteiger charge is 2.02. The third-order valence-corrected chi connectivity index (χ3v) is 3.54. The first-order chi connectivity index (χ1) is 10.9. The second-order valence-electron chi connectivity index (χ2n) is 5.17. The number of para-hydroxylation sites is 1. The molecule has 0 aromatic heterocycles. The molecule has 0 spiro atoms. The van der Waals surface area contributed by atoms with Crippen LogP contribution in [0.4, 0.5) is 5.69 Å². The summed E-state index contributed by atoms with van der Waals surface area (Å²) in [7, 11) is 0. The van der Waals surface area contributed by atoms with Crippen molar-refractivity contribution in [2.75, 3.05) is 11.9 Å². The van der Waals surface area contributed by atoms with Gasteiger partial charge in [0.1, 0.15) is 0 Å². The zero-order valence-electron chi connectivity index (χ0n) is 12.4. The van der Waals surface area contributed by atoms with Crippen LogP contribution in [-0.2, 0) is 0 Å². The van der Waals surface area contributed by atoms with Gasteiger partial charge >= 0.3 is 0 Å². The van der Waals surface area contributed by atoms with E-state index in [0.717, 1.165) is 12.2 Å². The zero-order chi connectivity index (χ0) is 15.0. The van der Waals surface area contributed by atoms with Crippen LogP contribution in [0.2, 0.25) is 0 Å². The summed E-state index contributed by atoms with van der Waals surface area (Å²) in [5, 5.41) is 3.50. The van der Waals surface area contributed by atoms with Gasteiger partial charge in [0.15, 0.2) is 0 Å². The van der Waals surface area contributed by atoms with E-state index in [1.807, 2.05) is 30.3 Å². The Kier molecular flexibility index (Phi) is 4.68. The van der Waals surface area contributed by atoms with Gasteiger partial charge in [0, 0.05) is 12.2 Å². The maximum atomic E-state index is 3.50. The van der Waals surface area contributed by atoms with Crippen LogP contribution in [0.25, 0.3) is 11.6 Å². The Balaban J connectivity index is 1.85. The Bertz CT molecular complexity index is 716. The summed E-state index contributed by atoms with van der Waals surface area (Å²) < 4.78 is 0. The molecule has 0 aliphatic rings. The zero-order valence-corrected chi connectivity index (χ0v) is 12.4. The number of hydrogen-bond acceptors (Lipinski definition) is 1. The van der Waals surface area contributed by atoms with E-state index in [1.54, 1.807) is 0 Å². The molecule has 0 radical (unpaired) electrons. The Labute approximate surface area is 132 Å². The van der Waals surface area contributed by atoms with E-state index in [2.05, 4.69) is 72.1 Å². The minimum Gasteiger partial charge on any atom is -0.381 e. The van der Waals surface area contributed by atoms with Crippen molar-refractivity contribution in [2.45, 2.75) is 0 Å². The smallest absolute Gasteiger partial charge is 0.0406 e. The molecule has 0 unspecified atom stereocenters. The third-order valence-electron chi connectivity index (χ3n) is 3.54. The number of anilines is 1. The fraction of sp³-hybridized carbons (Fsp3) is 0.0476. The molecule has 0 fully saturated rings. The van der Waals surface area contributed by atoms with Crippen molar-refractivity contribution < 1.29 is 0 Å². The van der Waals surface area contributed by atoms with E-state index in [-0.39, 0.29) is 0 Å². The first kappa shape index (κ1) is 14.2. The second-order valence-corrected chi connectivity index (χ2v) is 5.17. The van der Waals surface area contributed by atoms with Gasteiger partial charge in [-0.3, -0.25) is 0 Å². The molecule has 0 aliphatic heterocycles. The maximum Gasteiger partial charge on any atom is 0.0406 e. The van der Waals surface area contributed by atoms with Crippen molar-refractivity contribution in [2.24, 2.45) is 0 Å². The van der Waals surface area contributed by atoms with Crippen LogP contribution < -0.4 is 5.32 Å². The van der Waals surface area contributed by atoms with Gasteiger partial charge < -0.3 is 5.32 Å². The summed E-state index contributed by atoms with van der Waals surface area (Å²) in [5.41, 5.74) is 4.87. The largest absolute Gasteiger partial charge is 0.381 e. The highest BCUT2D eigenvalue weighted by atomic mass is 14.9. The van der Waals surface area contributed by atoms with Gasteiger partial charge in [-0.05, 0) is 34.9 Å². The summed E-state index contributed by atoms with van der Waals surface area (Å²) in [4.78, 5) is 0. The van der Waals surface area contributed by atoms with E-state index < -0.39 is 0 Å². The SMILES string of the molecule is C(=C(\CNc1ccccc1)c1ccccc1)/c1ccccc1. The van der Waals surface area contributed by atoms with Crippen molar-refractivity contribution >= 4 is 17.3 Å². The molecule has 3 aromatic rings.